The van der Waals surface area contributed by atoms with Crippen molar-refractivity contribution in [1.82, 2.24) is 0 Å². The summed E-state index contributed by atoms with van der Waals surface area (Å²) in [5.41, 5.74) is 1.43. The Balaban J connectivity index is 4.04. The normalized spacial score (nSPS) is 12.7. The van der Waals surface area contributed by atoms with Crippen molar-refractivity contribution in [2.45, 2.75) is 6.04 Å². The standard InChI is InChI=1S/C6H13ClO3Si/c1-8-11(9-2,10-3)6-4-5-7/h4-5H,6H2,1-3H3/b5-4+. The second kappa shape index (κ2) is 5.74. The Hall–Kier alpha value is 0.127. The quantitative estimate of drug-likeness (QED) is 0.626. The van der Waals surface area contributed by atoms with Crippen molar-refractivity contribution in [2.24, 2.45) is 0 Å². The van der Waals surface area contributed by atoms with Gasteiger partial charge < -0.3 is 13.3 Å². The van der Waals surface area contributed by atoms with Crippen molar-refractivity contribution < 1.29 is 13.3 Å². The SMILES string of the molecule is CO[Si](C/C=C/Cl)(OC)OC. The van der Waals surface area contributed by atoms with E-state index in [1.807, 2.05) is 0 Å². The second-order valence-electron chi connectivity index (χ2n) is 1.86. The van der Waals surface area contributed by atoms with Crippen LogP contribution in [-0.4, -0.2) is 30.1 Å². The fourth-order valence-corrected chi connectivity index (χ4v) is 2.33. The number of rotatable bonds is 5. The molecule has 0 aromatic rings. The smallest absolute Gasteiger partial charge is 0.377 e. The third-order valence-corrected chi connectivity index (χ3v) is 4.17. The van der Waals surface area contributed by atoms with Gasteiger partial charge in [-0.3, -0.25) is 0 Å². The van der Waals surface area contributed by atoms with E-state index in [9.17, 15) is 0 Å². The van der Waals surface area contributed by atoms with Gasteiger partial charge in [0.2, 0.25) is 0 Å². The maximum absolute atomic E-state index is 5.35. The van der Waals surface area contributed by atoms with Gasteiger partial charge in [0.15, 0.2) is 0 Å². The summed E-state index contributed by atoms with van der Waals surface area (Å²) in [6.07, 6.45) is 1.75. The molecule has 0 unspecified atom stereocenters. The molecule has 0 spiro atoms. The summed E-state index contributed by atoms with van der Waals surface area (Å²) in [5.74, 6) is 0. The van der Waals surface area contributed by atoms with E-state index in [1.54, 1.807) is 27.4 Å². The van der Waals surface area contributed by atoms with Gasteiger partial charge in [0.1, 0.15) is 0 Å². The van der Waals surface area contributed by atoms with Gasteiger partial charge in [0.05, 0.1) is 0 Å². The molecular formula is C6H13ClO3Si. The summed E-state index contributed by atoms with van der Waals surface area (Å²) >= 11 is 5.35. The zero-order chi connectivity index (χ0) is 8.74. The van der Waals surface area contributed by atoms with Gasteiger partial charge in [-0.2, -0.15) is 0 Å². The van der Waals surface area contributed by atoms with Crippen molar-refractivity contribution in [3.05, 3.63) is 11.6 Å². The van der Waals surface area contributed by atoms with Crippen molar-refractivity contribution in [3.8, 4) is 0 Å². The predicted molar refractivity (Wildman–Crippen MR) is 46.6 cm³/mol. The third-order valence-electron chi connectivity index (χ3n) is 1.39. The van der Waals surface area contributed by atoms with E-state index in [1.165, 1.54) is 5.54 Å². The Labute approximate surface area is 73.3 Å². The Morgan fingerprint density at radius 2 is 1.64 bits per heavy atom. The Morgan fingerprint density at radius 3 is 1.91 bits per heavy atom. The monoisotopic (exact) mass is 196 g/mol. The highest BCUT2D eigenvalue weighted by atomic mass is 35.5. The van der Waals surface area contributed by atoms with Crippen LogP contribution >= 0.6 is 11.6 Å². The minimum Gasteiger partial charge on any atom is -0.377 e. The molecule has 0 aliphatic carbocycles. The van der Waals surface area contributed by atoms with Crippen LogP contribution in [0, 0.1) is 0 Å². The molecule has 0 aliphatic rings. The van der Waals surface area contributed by atoms with Crippen LogP contribution in [0.1, 0.15) is 0 Å². The highest BCUT2D eigenvalue weighted by molar-refractivity contribution is 6.61. The average Bonchev–Trinajstić information content (AvgIpc) is 2.08. The number of allylic oxidation sites excluding steroid dienone is 1. The van der Waals surface area contributed by atoms with Crippen molar-refractivity contribution in [2.75, 3.05) is 21.3 Å². The van der Waals surface area contributed by atoms with Gasteiger partial charge in [-0.1, -0.05) is 17.7 Å². The lowest BCUT2D eigenvalue weighted by atomic mass is 10.8. The molecule has 0 amide bonds. The first kappa shape index (κ1) is 11.1. The van der Waals surface area contributed by atoms with Crippen LogP contribution in [0.5, 0.6) is 0 Å². The van der Waals surface area contributed by atoms with Gasteiger partial charge in [-0.25, -0.2) is 0 Å². The van der Waals surface area contributed by atoms with E-state index in [4.69, 9.17) is 24.9 Å². The molecule has 0 aromatic carbocycles. The van der Waals surface area contributed by atoms with E-state index in [-0.39, 0.29) is 0 Å². The van der Waals surface area contributed by atoms with E-state index in [2.05, 4.69) is 0 Å². The van der Waals surface area contributed by atoms with Crippen molar-refractivity contribution in [3.63, 3.8) is 0 Å². The van der Waals surface area contributed by atoms with Gasteiger partial charge in [-0.05, 0) is 0 Å². The summed E-state index contributed by atoms with van der Waals surface area (Å²) in [5, 5.41) is 0. The van der Waals surface area contributed by atoms with Crippen LogP contribution in [0.4, 0.5) is 0 Å². The molecule has 0 aromatic heterocycles. The molecule has 0 saturated heterocycles. The molecule has 11 heavy (non-hydrogen) atoms. The first-order valence-corrected chi connectivity index (χ1v) is 5.52. The van der Waals surface area contributed by atoms with Crippen LogP contribution in [0.15, 0.2) is 11.6 Å². The zero-order valence-corrected chi connectivity index (χ0v) is 8.72. The summed E-state index contributed by atoms with van der Waals surface area (Å²) < 4.78 is 15.4. The average molecular weight is 197 g/mol. The lowest BCUT2D eigenvalue weighted by molar-refractivity contribution is 0.127. The Bertz CT molecular complexity index is 117. The fourth-order valence-electron chi connectivity index (χ4n) is 0.689. The molecule has 0 aliphatic heterocycles. The van der Waals surface area contributed by atoms with E-state index >= 15 is 0 Å². The molecule has 0 rings (SSSR count). The number of hydrogen-bond acceptors (Lipinski definition) is 3. The summed E-state index contributed by atoms with van der Waals surface area (Å²) in [6, 6.07) is 0.597. The molecule has 0 fully saturated rings. The maximum Gasteiger partial charge on any atom is 0.504 e. The first-order chi connectivity index (χ1) is 5.24. The van der Waals surface area contributed by atoms with Crippen LogP contribution in [0.2, 0.25) is 6.04 Å². The van der Waals surface area contributed by atoms with Gasteiger partial charge in [-0.15, -0.1) is 0 Å². The molecule has 0 atom stereocenters. The van der Waals surface area contributed by atoms with E-state index in [0.717, 1.165) is 0 Å². The highest BCUT2D eigenvalue weighted by Gasteiger charge is 2.35. The molecule has 0 saturated carbocycles. The fraction of sp³-hybridized carbons (Fsp3) is 0.667. The number of halogens is 1. The maximum atomic E-state index is 5.35. The van der Waals surface area contributed by atoms with Crippen LogP contribution < -0.4 is 0 Å². The van der Waals surface area contributed by atoms with Crippen LogP contribution in [0.3, 0.4) is 0 Å². The zero-order valence-electron chi connectivity index (χ0n) is 6.96. The molecule has 0 bridgehead atoms. The Morgan fingerprint density at radius 1 is 1.18 bits per heavy atom. The topological polar surface area (TPSA) is 27.7 Å². The van der Waals surface area contributed by atoms with Crippen LogP contribution in [0.25, 0.3) is 0 Å². The third kappa shape index (κ3) is 3.35. The summed E-state index contributed by atoms with van der Waals surface area (Å²) in [4.78, 5) is 0. The van der Waals surface area contributed by atoms with E-state index < -0.39 is 8.80 Å². The predicted octanol–water partition coefficient (Wildman–Crippen LogP) is 1.62. The molecule has 0 N–H and O–H groups in total. The largest absolute Gasteiger partial charge is 0.504 e. The lowest BCUT2D eigenvalue weighted by Gasteiger charge is -2.22. The molecule has 0 heterocycles. The summed E-state index contributed by atoms with van der Waals surface area (Å²) in [6.45, 7) is 0. The molecule has 0 radical (unpaired) electrons. The molecule has 3 nitrogen and oxygen atoms in total. The highest BCUT2D eigenvalue weighted by Crippen LogP contribution is 2.12. The molecule has 5 heteroatoms. The Kier molecular flexibility index (Phi) is 5.80. The minimum absolute atomic E-state index is 0.597. The lowest BCUT2D eigenvalue weighted by Crippen LogP contribution is -2.42. The van der Waals surface area contributed by atoms with Crippen molar-refractivity contribution >= 4 is 20.4 Å². The number of hydrogen-bond donors (Lipinski definition) is 0. The van der Waals surface area contributed by atoms with Gasteiger partial charge >= 0.3 is 8.80 Å². The van der Waals surface area contributed by atoms with E-state index in [0.29, 0.717) is 6.04 Å². The molecule has 66 valence electrons. The van der Waals surface area contributed by atoms with Gasteiger partial charge in [0.25, 0.3) is 0 Å². The van der Waals surface area contributed by atoms with Gasteiger partial charge in [0, 0.05) is 32.9 Å². The van der Waals surface area contributed by atoms with Crippen molar-refractivity contribution in [1.29, 1.82) is 0 Å². The first-order valence-electron chi connectivity index (χ1n) is 3.15. The molecular weight excluding hydrogens is 184 g/mol. The second-order valence-corrected chi connectivity index (χ2v) is 5.11. The minimum atomic E-state index is -2.41. The summed E-state index contributed by atoms with van der Waals surface area (Å²) in [7, 11) is 2.30. The van der Waals surface area contributed by atoms with Crippen LogP contribution in [-0.2, 0) is 13.3 Å².